The maximum Gasteiger partial charge on any atom is 0.256 e. The molecule has 1 aliphatic heterocycles. The summed E-state index contributed by atoms with van der Waals surface area (Å²) < 4.78 is 6.50. The van der Waals surface area contributed by atoms with Crippen LogP contribution in [0, 0.1) is 3.57 Å². The van der Waals surface area contributed by atoms with Crippen LogP contribution in [0.5, 0.6) is 5.75 Å². The van der Waals surface area contributed by atoms with Crippen LogP contribution in [0.15, 0.2) is 48.5 Å². The minimum absolute atomic E-state index is 0.151. The molecule has 0 unspecified atom stereocenters. The van der Waals surface area contributed by atoms with Gasteiger partial charge in [0.2, 0.25) is 5.91 Å². The Labute approximate surface area is 154 Å². The topological polar surface area (TPSA) is 58.6 Å². The Bertz CT molecular complexity index is 744. The van der Waals surface area contributed by atoms with Crippen molar-refractivity contribution < 1.29 is 14.3 Å². The van der Waals surface area contributed by atoms with E-state index in [0.29, 0.717) is 18.0 Å². The van der Waals surface area contributed by atoms with E-state index in [0.717, 1.165) is 9.26 Å². The van der Waals surface area contributed by atoms with Gasteiger partial charge < -0.3 is 10.1 Å². The fourth-order valence-corrected chi connectivity index (χ4v) is 2.98. The molecule has 5 nitrogen and oxygen atoms in total. The number of halogens is 1. The number of amides is 2. The van der Waals surface area contributed by atoms with Crippen molar-refractivity contribution in [3.05, 3.63) is 52.1 Å². The lowest BCUT2D eigenvalue weighted by Gasteiger charge is -2.16. The first-order chi connectivity index (χ1) is 11.6. The summed E-state index contributed by atoms with van der Waals surface area (Å²) in [6.45, 7) is 2.48. The lowest BCUT2D eigenvalue weighted by Crippen LogP contribution is -2.34. The molecule has 2 aromatic rings. The Hall–Kier alpha value is -2.09. The molecule has 1 heterocycles. The van der Waals surface area contributed by atoms with E-state index in [2.05, 4.69) is 27.9 Å². The van der Waals surface area contributed by atoms with Gasteiger partial charge >= 0.3 is 0 Å². The van der Waals surface area contributed by atoms with Crippen LogP contribution in [-0.2, 0) is 9.59 Å². The van der Waals surface area contributed by atoms with Gasteiger partial charge in [0, 0.05) is 9.26 Å². The fraction of sp³-hybridized carbons (Fsp3) is 0.222. The number of carbonyl (C=O) groups excluding carboxylic acids is 2. The van der Waals surface area contributed by atoms with Crippen molar-refractivity contribution in [3.63, 3.8) is 0 Å². The third-order valence-corrected chi connectivity index (χ3v) is 4.46. The van der Waals surface area contributed by atoms with Crippen molar-refractivity contribution in [1.82, 2.24) is 0 Å². The molecule has 1 fully saturated rings. The van der Waals surface area contributed by atoms with Gasteiger partial charge in [0.15, 0.2) is 0 Å². The van der Waals surface area contributed by atoms with Gasteiger partial charge in [0.05, 0.1) is 18.7 Å². The second-order valence-electron chi connectivity index (χ2n) is 5.40. The molecule has 0 radical (unpaired) electrons. The number of carbonyl (C=O) groups is 2. The zero-order valence-electron chi connectivity index (χ0n) is 13.2. The van der Waals surface area contributed by atoms with E-state index >= 15 is 0 Å². The van der Waals surface area contributed by atoms with Crippen LogP contribution in [0.1, 0.15) is 13.3 Å². The lowest BCUT2D eigenvalue weighted by molar-refractivity contribution is -0.121. The van der Waals surface area contributed by atoms with E-state index in [1.165, 1.54) is 4.90 Å². The van der Waals surface area contributed by atoms with Gasteiger partial charge in [-0.05, 0) is 78.0 Å². The largest absolute Gasteiger partial charge is 0.494 e. The Morgan fingerprint density at radius 2 is 1.79 bits per heavy atom. The second kappa shape index (κ2) is 7.21. The maximum atomic E-state index is 12.6. The Kier molecular flexibility index (Phi) is 5.03. The summed E-state index contributed by atoms with van der Waals surface area (Å²) in [5.41, 5.74) is 1.40. The summed E-state index contributed by atoms with van der Waals surface area (Å²) >= 11 is 2.22. The van der Waals surface area contributed by atoms with Crippen molar-refractivity contribution in [1.29, 1.82) is 0 Å². The van der Waals surface area contributed by atoms with E-state index < -0.39 is 6.04 Å². The third-order valence-electron chi connectivity index (χ3n) is 3.74. The maximum absolute atomic E-state index is 12.6. The van der Waals surface area contributed by atoms with Gasteiger partial charge in [-0.15, -0.1) is 0 Å². The van der Waals surface area contributed by atoms with Gasteiger partial charge in [-0.1, -0.05) is 0 Å². The van der Waals surface area contributed by atoms with Crippen molar-refractivity contribution in [2.75, 3.05) is 16.8 Å². The molecular weight excluding hydrogens is 419 g/mol. The first kappa shape index (κ1) is 16.8. The molecule has 0 aliphatic carbocycles. The van der Waals surface area contributed by atoms with E-state index in [1.807, 2.05) is 31.2 Å². The molecule has 2 amide bonds. The SMILES string of the molecule is CCOc1ccc(N2C(=O)C[C@@H](Nc3ccc(I)cc3)C2=O)cc1. The molecule has 24 heavy (non-hydrogen) atoms. The number of hydrogen-bond donors (Lipinski definition) is 1. The van der Waals surface area contributed by atoms with E-state index in [-0.39, 0.29) is 18.2 Å². The molecule has 1 aliphatic rings. The number of rotatable bonds is 5. The lowest BCUT2D eigenvalue weighted by atomic mass is 10.2. The van der Waals surface area contributed by atoms with Crippen molar-refractivity contribution in [2.24, 2.45) is 0 Å². The summed E-state index contributed by atoms with van der Waals surface area (Å²) in [4.78, 5) is 26.1. The van der Waals surface area contributed by atoms with Crippen molar-refractivity contribution in [2.45, 2.75) is 19.4 Å². The number of benzene rings is 2. The summed E-state index contributed by atoms with van der Waals surface area (Å²) in [5, 5.41) is 3.14. The van der Waals surface area contributed by atoms with Crippen molar-refractivity contribution in [3.8, 4) is 5.75 Å². The van der Waals surface area contributed by atoms with Crippen LogP contribution in [0.3, 0.4) is 0 Å². The molecule has 2 aromatic carbocycles. The predicted molar refractivity (Wildman–Crippen MR) is 101 cm³/mol. The van der Waals surface area contributed by atoms with Gasteiger partial charge in [-0.25, -0.2) is 4.90 Å². The standard InChI is InChI=1S/C18H17IN2O3/c1-2-24-15-9-7-14(8-10-15)21-17(22)11-16(18(21)23)20-13-5-3-12(19)4-6-13/h3-10,16,20H,2,11H2,1H3/t16-/m1/s1. The van der Waals surface area contributed by atoms with Crippen LogP contribution in [0.25, 0.3) is 0 Å². The minimum atomic E-state index is -0.538. The Morgan fingerprint density at radius 3 is 2.42 bits per heavy atom. The third kappa shape index (κ3) is 3.53. The zero-order chi connectivity index (χ0) is 17.1. The van der Waals surface area contributed by atoms with Gasteiger partial charge in [-0.2, -0.15) is 0 Å². The zero-order valence-corrected chi connectivity index (χ0v) is 15.3. The molecule has 1 atom stereocenters. The second-order valence-corrected chi connectivity index (χ2v) is 6.65. The highest BCUT2D eigenvalue weighted by Gasteiger charge is 2.39. The van der Waals surface area contributed by atoms with Crippen molar-refractivity contribution >= 4 is 45.8 Å². The van der Waals surface area contributed by atoms with Crippen LogP contribution in [-0.4, -0.2) is 24.5 Å². The number of nitrogens with zero attached hydrogens (tertiary/aromatic N) is 1. The highest BCUT2D eigenvalue weighted by molar-refractivity contribution is 14.1. The molecule has 6 heteroatoms. The number of anilines is 2. The molecular formula is C18H17IN2O3. The number of imide groups is 1. The normalized spacial score (nSPS) is 17.2. The molecule has 0 aromatic heterocycles. The molecule has 0 saturated carbocycles. The van der Waals surface area contributed by atoms with Crippen LogP contribution in [0.4, 0.5) is 11.4 Å². The van der Waals surface area contributed by atoms with Crippen LogP contribution in [0.2, 0.25) is 0 Å². The molecule has 1 saturated heterocycles. The summed E-state index contributed by atoms with van der Waals surface area (Å²) in [5.74, 6) is 0.281. The molecule has 0 spiro atoms. The summed E-state index contributed by atoms with van der Waals surface area (Å²) in [7, 11) is 0. The Balaban J connectivity index is 1.74. The first-order valence-electron chi connectivity index (χ1n) is 7.70. The molecule has 1 N–H and O–H groups in total. The average Bonchev–Trinajstić information content (AvgIpc) is 2.85. The average molecular weight is 436 g/mol. The monoisotopic (exact) mass is 436 g/mol. The van der Waals surface area contributed by atoms with E-state index in [4.69, 9.17) is 4.74 Å². The molecule has 0 bridgehead atoms. The van der Waals surface area contributed by atoms with Gasteiger partial charge in [0.1, 0.15) is 11.8 Å². The minimum Gasteiger partial charge on any atom is -0.494 e. The van der Waals surface area contributed by atoms with Gasteiger partial charge in [0.25, 0.3) is 5.91 Å². The van der Waals surface area contributed by atoms with E-state index in [9.17, 15) is 9.59 Å². The fourth-order valence-electron chi connectivity index (χ4n) is 2.62. The first-order valence-corrected chi connectivity index (χ1v) is 8.78. The number of ether oxygens (including phenoxy) is 1. The number of nitrogens with one attached hydrogen (secondary N) is 1. The smallest absolute Gasteiger partial charge is 0.256 e. The Morgan fingerprint density at radius 1 is 1.12 bits per heavy atom. The molecule has 124 valence electrons. The summed E-state index contributed by atoms with van der Waals surface area (Å²) in [6, 6.07) is 14.2. The van der Waals surface area contributed by atoms with Gasteiger partial charge in [-0.3, -0.25) is 9.59 Å². The highest BCUT2D eigenvalue weighted by Crippen LogP contribution is 2.27. The quantitative estimate of drug-likeness (QED) is 0.577. The number of hydrogen-bond acceptors (Lipinski definition) is 4. The van der Waals surface area contributed by atoms with Crippen LogP contribution < -0.4 is 15.0 Å². The summed E-state index contributed by atoms with van der Waals surface area (Å²) in [6.07, 6.45) is 0.151. The predicted octanol–water partition coefficient (Wildman–Crippen LogP) is 3.43. The van der Waals surface area contributed by atoms with Crippen LogP contribution >= 0.6 is 22.6 Å². The highest BCUT2D eigenvalue weighted by atomic mass is 127. The molecule has 3 rings (SSSR count). The van der Waals surface area contributed by atoms with E-state index in [1.54, 1.807) is 24.3 Å².